The van der Waals surface area contributed by atoms with Crippen molar-refractivity contribution in [3.8, 4) is 6.07 Å². The average molecular weight is 571 g/mol. The van der Waals surface area contributed by atoms with E-state index in [-0.39, 0.29) is 63.7 Å². The zero-order chi connectivity index (χ0) is 27.4. The number of halogens is 1. The monoisotopic (exact) mass is 570 g/mol. The Balaban J connectivity index is -0.000000211. The standard InChI is InChI=1S/C10H17N.C9H11ClO2S.C8H7N.C2H6.CH3.K/c1-5-7-8-10(6-2)9(3)11-4;1-3-7-4-5-8(10)9(6-7)13(2,11)12;1-7-4-2-3-5-8(7)6-9;1-2;;/h4-7H2,1-3H3;4-6H,3H2,1-2H3;2-5H,1H3;1-2H3;1H3;/q-2;;;;-1;+1. The Morgan fingerprint density at radius 2 is 1.70 bits per heavy atom. The van der Waals surface area contributed by atoms with Crippen molar-refractivity contribution in [1.29, 1.82) is 5.26 Å². The van der Waals surface area contributed by atoms with E-state index in [1.165, 1.54) is 5.57 Å². The fourth-order valence-corrected chi connectivity index (χ4v) is 3.96. The molecule has 202 valence electrons. The Morgan fingerprint density at radius 3 is 2.08 bits per heavy atom. The van der Waals surface area contributed by atoms with Crippen molar-refractivity contribution in [3.05, 3.63) is 90.3 Å². The minimum atomic E-state index is -3.20. The Kier molecular flexibility index (Phi) is 29.6. The average Bonchev–Trinajstić information content (AvgIpc) is 2.86. The summed E-state index contributed by atoms with van der Waals surface area (Å²) in [6.45, 7) is 14.1. The van der Waals surface area contributed by atoms with Gasteiger partial charge >= 0.3 is 51.4 Å². The van der Waals surface area contributed by atoms with Gasteiger partial charge in [0.1, 0.15) is 0 Å². The molecule has 4 nitrogen and oxygen atoms in total. The van der Waals surface area contributed by atoms with Gasteiger partial charge in [0.2, 0.25) is 0 Å². The maximum atomic E-state index is 11.2. The van der Waals surface area contributed by atoms with Crippen molar-refractivity contribution in [3.63, 3.8) is 0 Å². The number of benzene rings is 2. The first kappa shape index (κ1) is 43.1. The molecule has 0 aliphatic heterocycles. The first-order valence-corrected chi connectivity index (χ1v) is 14.2. The van der Waals surface area contributed by atoms with Gasteiger partial charge in [0.25, 0.3) is 0 Å². The van der Waals surface area contributed by atoms with Crippen LogP contribution in [-0.4, -0.2) is 20.4 Å². The van der Waals surface area contributed by atoms with Gasteiger partial charge in [0, 0.05) is 6.26 Å². The molecule has 2 rings (SSSR count). The summed E-state index contributed by atoms with van der Waals surface area (Å²) in [6, 6.07) is 14.7. The number of nitriles is 1. The second kappa shape index (κ2) is 25.4. The summed E-state index contributed by atoms with van der Waals surface area (Å²) >= 11 is 5.76. The number of sulfone groups is 1. The van der Waals surface area contributed by atoms with Gasteiger partial charge in [-0.1, -0.05) is 90.3 Å². The van der Waals surface area contributed by atoms with Crippen LogP contribution in [0.3, 0.4) is 0 Å². The SMILES string of the molecule is CC.CCc1ccc(Cl)c(S(C)(=O)=O)c1.Cc1ccccc1C#N.[CH2-]N=C(C)C(=[C-]CCC)CC.[CH3-].[K+]. The molecule has 2 aromatic carbocycles. The molecule has 0 amide bonds. The topological polar surface area (TPSA) is 70.3 Å². The van der Waals surface area contributed by atoms with Crippen LogP contribution in [0.5, 0.6) is 0 Å². The normalized spacial score (nSPS) is 10.4. The summed E-state index contributed by atoms with van der Waals surface area (Å²) in [5.41, 5.74) is 5.00. The summed E-state index contributed by atoms with van der Waals surface area (Å²) in [6.07, 6.45) is 8.46. The van der Waals surface area contributed by atoms with Crippen molar-refractivity contribution < 1.29 is 59.8 Å². The van der Waals surface area contributed by atoms with Crippen molar-refractivity contribution in [1.82, 2.24) is 0 Å². The minimum Gasteiger partial charge on any atom is -0.455 e. The molecular formula is C30H44ClKN2O2S-2. The van der Waals surface area contributed by atoms with E-state index in [2.05, 4.69) is 38.0 Å². The van der Waals surface area contributed by atoms with Gasteiger partial charge in [-0.3, -0.25) is 6.08 Å². The molecule has 0 spiro atoms. The number of hydrogen-bond acceptors (Lipinski definition) is 4. The van der Waals surface area contributed by atoms with Crippen LogP contribution in [0.1, 0.15) is 77.5 Å². The first-order valence-electron chi connectivity index (χ1n) is 11.9. The zero-order valence-electron chi connectivity index (χ0n) is 24.6. The molecule has 0 bridgehead atoms. The number of hydrogen-bond donors (Lipinski definition) is 0. The van der Waals surface area contributed by atoms with Gasteiger partial charge in [-0.15, -0.1) is 12.1 Å². The van der Waals surface area contributed by atoms with Gasteiger partial charge in [-0.2, -0.15) is 12.3 Å². The Hall–Kier alpha value is -0.914. The van der Waals surface area contributed by atoms with Crippen molar-refractivity contribution in [2.45, 2.75) is 79.0 Å². The number of allylic oxidation sites excluding steroid dienone is 2. The second-order valence-corrected chi connectivity index (χ2v) is 9.71. The molecule has 0 fully saturated rings. The zero-order valence-corrected chi connectivity index (χ0v) is 29.3. The van der Waals surface area contributed by atoms with E-state index in [4.69, 9.17) is 16.9 Å². The Morgan fingerprint density at radius 1 is 1.14 bits per heavy atom. The molecule has 0 atom stereocenters. The van der Waals surface area contributed by atoms with E-state index in [1.54, 1.807) is 12.1 Å². The Labute approximate surface area is 276 Å². The molecule has 0 aromatic heterocycles. The van der Waals surface area contributed by atoms with Gasteiger partial charge in [0.05, 0.1) is 21.6 Å². The third-order valence-electron chi connectivity index (χ3n) is 4.68. The van der Waals surface area contributed by atoms with E-state index < -0.39 is 9.84 Å². The number of unbranched alkanes of at least 4 members (excludes halogenated alkanes) is 1. The van der Waals surface area contributed by atoms with Crippen LogP contribution in [0.2, 0.25) is 5.02 Å². The molecule has 0 N–H and O–H groups in total. The fourth-order valence-electron chi connectivity index (χ4n) is 2.63. The number of rotatable bonds is 6. The van der Waals surface area contributed by atoms with E-state index in [1.807, 2.05) is 65.0 Å². The predicted molar refractivity (Wildman–Crippen MR) is 158 cm³/mol. The molecule has 0 aliphatic carbocycles. The largest absolute Gasteiger partial charge is 1.00 e. The molecule has 2 aromatic rings. The van der Waals surface area contributed by atoms with Crippen LogP contribution in [0.25, 0.3) is 0 Å². The Bertz CT molecular complexity index is 1090. The molecule has 7 heteroatoms. The maximum Gasteiger partial charge on any atom is 1.00 e. The predicted octanol–water partition coefficient (Wildman–Crippen LogP) is 5.83. The van der Waals surface area contributed by atoms with Gasteiger partial charge in [-0.05, 0) is 42.7 Å². The molecule has 0 radical (unpaired) electrons. The van der Waals surface area contributed by atoms with Gasteiger partial charge in [0.15, 0.2) is 9.84 Å². The molecule has 0 aliphatic rings. The third kappa shape index (κ3) is 18.9. The maximum absolute atomic E-state index is 11.2. The smallest absolute Gasteiger partial charge is 0.455 e. The summed E-state index contributed by atoms with van der Waals surface area (Å²) in [7, 11) is 0.292. The minimum absolute atomic E-state index is 0. The summed E-state index contributed by atoms with van der Waals surface area (Å²) in [4.78, 5) is 4.10. The summed E-state index contributed by atoms with van der Waals surface area (Å²) in [5.74, 6) is 0. The quantitative estimate of drug-likeness (QED) is 0.249. The number of nitrogens with zero attached hydrogens (tertiary/aromatic N) is 2. The van der Waals surface area contributed by atoms with Crippen LogP contribution < -0.4 is 51.4 Å². The van der Waals surface area contributed by atoms with Gasteiger partial charge < -0.3 is 12.4 Å². The summed E-state index contributed by atoms with van der Waals surface area (Å²) in [5, 5.41) is 8.76. The molecule has 37 heavy (non-hydrogen) atoms. The van der Waals surface area contributed by atoms with Crippen molar-refractivity contribution >= 4 is 27.1 Å². The second-order valence-electron chi connectivity index (χ2n) is 7.32. The van der Waals surface area contributed by atoms with E-state index in [0.29, 0.717) is 5.02 Å². The molecule has 0 saturated carbocycles. The number of aryl methyl sites for hydroxylation is 2. The van der Waals surface area contributed by atoms with E-state index in [0.717, 1.165) is 54.3 Å². The van der Waals surface area contributed by atoms with Crippen molar-refractivity contribution in [2.24, 2.45) is 4.99 Å². The third-order valence-corrected chi connectivity index (χ3v) is 6.26. The molecule has 0 unspecified atom stereocenters. The number of aliphatic imine (C=N–C) groups is 1. The van der Waals surface area contributed by atoms with Crippen LogP contribution in [0.4, 0.5) is 0 Å². The van der Waals surface area contributed by atoms with Crippen LogP contribution >= 0.6 is 11.6 Å². The summed E-state index contributed by atoms with van der Waals surface area (Å²) < 4.78 is 22.5. The fraction of sp³-hybridized carbons (Fsp3) is 0.400. The van der Waals surface area contributed by atoms with Gasteiger partial charge in [-0.25, -0.2) is 14.0 Å². The molecule has 0 saturated heterocycles. The first-order chi connectivity index (χ1) is 16.5. The molecule has 0 heterocycles. The van der Waals surface area contributed by atoms with Crippen LogP contribution in [0.15, 0.2) is 57.9 Å². The van der Waals surface area contributed by atoms with E-state index >= 15 is 0 Å². The van der Waals surface area contributed by atoms with Crippen LogP contribution in [-0.2, 0) is 16.3 Å². The van der Waals surface area contributed by atoms with Crippen LogP contribution in [0, 0.1) is 38.8 Å². The van der Waals surface area contributed by atoms with Crippen molar-refractivity contribution in [2.75, 3.05) is 6.26 Å². The van der Waals surface area contributed by atoms with E-state index in [9.17, 15) is 8.42 Å². The molecular weight excluding hydrogens is 527 g/mol.